The molecule has 1 rings (SSSR count). The number of anilines is 1. The standard InChI is InChI=1S/C16H27FN2OS/c1-5-15(12-21-4)19(2)16-7-6-14(17)10-13(16)11-18-8-9-20-3/h6-7,10,15,18H,5,8-9,11-12H2,1-4H3. The van der Waals surface area contributed by atoms with Gasteiger partial charge in [-0.2, -0.15) is 11.8 Å². The molecule has 0 aliphatic carbocycles. The Bertz CT molecular complexity index is 417. The third kappa shape index (κ3) is 5.85. The number of rotatable bonds is 10. The van der Waals surface area contributed by atoms with E-state index in [9.17, 15) is 4.39 Å². The Morgan fingerprint density at radius 1 is 1.43 bits per heavy atom. The van der Waals surface area contributed by atoms with Crippen LogP contribution in [0, 0.1) is 5.82 Å². The number of nitrogens with zero attached hydrogens (tertiary/aromatic N) is 1. The lowest BCUT2D eigenvalue weighted by Crippen LogP contribution is -2.34. The molecule has 0 heterocycles. The second-order valence-corrected chi connectivity index (χ2v) is 5.98. The zero-order chi connectivity index (χ0) is 15.7. The molecule has 1 N–H and O–H groups in total. The number of nitrogens with one attached hydrogen (secondary N) is 1. The number of halogens is 1. The van der Waals surface area contributed by atoms with Gasteiger partial charge in [-0.1, -0.05) is 6.92 Å². The first kappa shape index (κ1) is 18.3. The normalized spacial score (nSPS) is 12.4. The Balaban J connectivity index is 2.83. The van der Waals surface area contributed by atoms with Gasteiger partial charge in [0, 0.05) is 44.7 Å². The second-order valence-electron chi connectivity index (χ2n) is 5.07. The minimum Gasteiger partial charge on any atom is -0.383 e. The SMILES string of the molecule is CCC(CSC)N(C)c1ccc(F)cc1CNCCOC. The third-order valence-corrected chi connectivity index (χ3v) is 4.32. The van der Waals surface area contributed by atoms with E-state index in [0.29, 0.717) is 19.2 Å². The van der Waals surface area contributed by atoms with Crippen molar-refractivity contribution in [2.45, 2.75) is 25.9 Å². The van der Waals surface area contributed by atoms with Crippen molar-refractivity contribution >= 4 is 17.4 Å². The molecule has 1 aromatic carbocycles. The van der Waals surface area contributed by atoms with Gasteiger partial charge in [0.05, 0.1) is 6.61 Å². The molecular formula is C16H27FN2OS. The Morgan fingerprint density at radius 3 is 2.81 bits per heavy atom. The van der Waals surface area contributed by atoms with Gasteiger partial charge in [0.15, 0.2) is 0 Å². The highest BCUT2D eigenvalue weighted by Gasteiger charge is 2.16. The molecular weight excluding hydrogens is 287 g/mol. The zero-order valence-corrected chi connectivity index (χ0v) is 14.3. The van der Waals surface area contributed by atoms with E-state index < -0.39 is 0 Å². The van der Waals surface area contributed by atoms with Gasteiger partial charge in [0.25, 0.3) is 0 Å². The maximum Gasteiger partial charge on any atom is 0.123 e. The molecule has 5 heteroatoms. The molecule has 0 saturated carbocycles. The van der Waals surface area contributed by atoms with Crippen LogP contribution in [0.3, 0.4) is 0 Å². The number of methoxy groups -OCH3 is 1. The Kier molecular flexibility index (Phi) is 8.73. The first-order chi connectivity index (χ1) is 10.1. The summed E-state index contributed by atoms with van der Waals surface area (Å²) in [5.41, 5.74) is 2.09. The summed E-state index contributed by atoms with van der Waals surface area (Å²) in [6.07, 6.45) is 3.19. The van der Waals surface area contributed by atoms with Crippen molar-refractivity contribution < 1.29 is 9.13 Å². The number of thioether (sulfide) groups is 1. The van der Waals surface area contributed by atoms with E-state index in [4.69, 9.17) is 4.74 Å². The van der Waals surface area contributed by atoms with Gasteiger partial charge in [-0.25, -0.2) is 4.39 Å². The molecule has 120 valence electrons. The number of hydrogen-bond donors (Lipinski definition) is 1. The average Bonchev–Trinajstić information content (AvgIpc) is 2.48. The van der Waals surface area contributed by atoms with E-state index in [-0.39, 0.29) is 5.82 Å². The van der Waals surface area contributed by atoms with Crippen LogP contribution in [0.1, 0.15) is 18.9 Å². The summed E-state index contributed by atoms with van der Waals surface area (Å²) in [6.45, 7) is 4.26. The van der Waals surface area contributed by atoms with Gasteiger partial charge in [0.2, 0.25) is 0 Å². The van der Waals surface area contributed by atoms with E-state index in [1.165, 1.54) is 6.07 Å². The molecule has 1 unspecified atom stereocenters. The van der Waals surface area contributed by atoms with Gasteiger partial charge in [-0.3, -0.25) is 0 Å². The molecule has 0 radical (unpaired) electrons. The molecule has 0 bridgehead atoms. The van der Waals surface area contributed by atoms with Crippen LogP contribution in [0.4, 0.5) is 10.1 Å². The lowest BCUT2D eigenvalue weighted by Gasteiger charge is -2.30. The maximum atomic E-state index is 13.5. The minimum absolute atomic E-state index is 0.186. The highest BCUT2D eigenvalue weighted by molar-refractivity contribution is 7.98. The van der Waals surface area contributed by atoms with Crippen LogP contribution in [0.15, 0.2) is 18.2 Å². The third-order valence-electron chi connectivity index (χ3n) is 3.60. The number of benzene rings is 1. The lowest BCUT2D eigenvalue weighted by atomic mass is 10.1. The molecule has 1 aromatic rings. The summed E-state index contributed by atoms with van der Waals surface area (Å²) < 4.78 is 18.6. The van der Waals surface area contributed by atoms with Crippen molar-refractivity contribution in [1.82, 2.24) is 5.32 Å². The van der Waals surface area contributed by atoms with E-state index in [1.807, 2.05) is 17.8 Å². The molecule has 0 amide bonds. The van der Waals surface area contributed by atoms with Crippen LogP contribution in [-0.2, 0) is 11.3 Å². The van der Waals surface area contributed by atoms with Crippen LogP contribution in [-0.4, -0.2) is 45.4 Å². The molecule has 0 aliphatic heterocycles. The fourth-order valence-electron chi connectivity index (χ4n) is 2.33. The van der Waals surface area contributed by atoms with Gasteiger partial charge < -0.3 is 15.0 Å². The largest absolute Gasteiger partial charge is 0.383 e. The van der Waals surface area contributed by atoms with Gasteiger partial charge in [-0.15, -0.1) is 0 Å². The number of ether oxygens (including phenoxy) is 1. The van der Waals surface area contributed by atoms with Crippen molar-refractivity contribution in [3.63, 3.8) is 0 Å². The van der Waals surface area contributed by atoms with Crippen LogP contribution in [0.5, 0.6) is 0 Å². The first-order valence-electron chi connectivity index (χ1n) is 7.33. The first-order valence-corrected chi connectivity index (χ1v) is 8.73. The minimum atomic E-state index is -0.186. The van der Waals surface area contributed by atoms with Crippen molar-refractivity contribution in [2.75, 3.05) is 44.2 Å². The smallest absolute Gasteiger partial charge is 0.123 e. The zero-order valence-electron chi connectivity index (χ0n) is 13.5. The monoisotopic (exact) mass is 314 g/mol. The predicted octanol–water partition coefficient (Wildman–Crippen LogP) is 3.14. The molecule has 0 saturated heterocycles. The van der Waals surface area contributed by atoms with Crippen molar-refractivity contribution in [3.05, 3.63) is 29.6 Å². The molecule has 1 atom stereocenters. The molecule has 3 nitrogen and oxygen atoms in total. The van der Waals surface area contributed by atoms with Crippen molar-refractivity contribution in [3.8, 4) is 0 Å². The topological polar surface area (TPSA) is 24.5 Å². The quantitative estimate of drug-likeness (QED) is 0.671. The van der Waals surface area contributed by atoms with Crippen LogP contribution < -0.4 is 10.2 Å². The lowest BCUT2D eigenvalue weighted by molar-refractivity contribution is 0.199. The molecule has 21 heavy (non-hydrogen) atoms. The van der Waals surface area contributed by atoms with Crippen LogP contribution in [0.2, 0.25) is 0 Å². The summed E-state index contributed by atoms with van der Waals surface area (Å²) in [5.74, 6) is 0.884. The summed E-state index contributed by atoms with van der Waals surface area (Å²) in [5, 5.41) is 3.29. The summed E-state index contributed by atoms with van der Waals surface area (Å²) in [7, 11) is 3.77. The average molecular weight is 314 g/mol. The molecule has 0 spiro atoms. The Hall–Kier alpha value is -0.780. The summed E-state index contributed by atoms with van der Waals surface area (Å²) >= 11 is 1.84. The van der Waals surface area contributed by atoms with Crippen LogP contribution in [0.25, 0.3) is 0 Å². The van der Waals surface area contributed by atoms with E-state index in [1.54, 1.807) is 13.2 Å². The van der Waals surface area contributed by atoms with E-state index >= 15 is 0 Å². The Morgan fingerprint density at radius 2 is 2.19 bits per heavy atom. The van der Waals surface area contributed by atoms with Crippen molar-refractivity contribution in [2.24, 2.45) is 0 Å². The van der Waals surface area contributed by atoms with Gasteiger partial charge >= 0.3 is 0 Å². The number of hydrogen-bond acceptors (Lipinski definition) is 4. The highest BCUT2D eigenvalue weighted by Crippen LogP contribution is 2.24. The molecule has 0 aliphatic rings. The van der Waals surface area contributed by atoms with E-state index in [0.717, 1.165) is 30.0 Å². The second kappa shape index (κ2) is 10.0. The van der Waals surface area contributed by atoms with E-state index in [2.05, 4.69) is 30.4 Å². The van der Waals surface area contributed by atoms with Crippen molar-refractivity contribution in [1.29, 1.82) is 0 Å². The van der Waals surface area contributed by atoms with Gasteiger partial charge in [-0.05, 0) is 36.4 Å². The highest BCUT2D eigenvalue weighted by atomic mass is 32.2. The maximum absolute atomic E-state index is 13.5. The van der Waals surface area contributed by atoms with Gasteiger partial charge in [0.1, 0.15) is 5.82 Å². The predicted molar refractivity (Wildman–Crippen MR) is 90.8 cm³/mol. The fourth-order valence-corrected chi connectivity index (χ4v) is 3.17. The van der Waals surface area contributed by atoms with Crippen LogP contribution >= 0.6 is 11.8 Å². The molecule has 0 aromatic heterocycles. The summed E-state index contributed by atoms with van der Waals surface area (Å²) in [6, 6.07) is 5.50. The fraction of sp³-hybridized carbons (Fsp3) is 0.625. The molecule has 0 fully saturated rings. The Labute approximate surface area is 132 Å². The summed E-state index contributed by atoms with van der Waals surface area (Å²) in [4.78, 5) is 2.27.